The van der Waals surface area contributed by atoms with Gasteiger partial charge in [0.1, 0.15) is 12.1 Å². The molecule has 3 aromatic rings. The number of hydrogen-bond acceptors (Lipinski definition) is 3. The highest BCUT2D eigenvalue weighted by atomic mass is 35.5. The van der Waals surface area contributed by atoms with E-state index in [1.165, 1.54) is 0 Å². The van der Waals surface area contributed by atoms with Crippen LogP contribution in [0.3, 0.4) is 0 Å². The average molecular weight is 390 g/mol. The molecule has 2 aromatic heterocycles. The van der Waals surface area contributed by atoms with Crippen molar-refractivity contribution in [2.45, 2.75) is 19.5 Å². The number of carbonyl (C=O) groups excluding carboxylic acids is 1. The standard InChI is InChI=1S/C18H17Cl2N5O/c1-12(15-5-4-14(19)9-16(15)20)24-18(26)23-10-13-3-2-6-22-17(13)25-8-7-21-11-25/h2-9,11-12H,10H2,1H3,(H2,23,24,26). The van der Waals surface area contributed by atoms with Crippen LogP contribution in [-0.2, 0) is 6.54 Å². The summed E-state index contributed by atoms with van der Waals surface area (Å²) in [6.07, 6.45) is 6.84. The first kappa shape index (κ1) is 18.2. The first-order valence-corrected chi connectivity index (χ1v) is 8.71. The number of urea groups is 1. The van der Waals surface area contributed by atoms with E-state index in [1.54, 1.807) is 47.7 Å². The number of halogens is 2. The highest BCUT2D eigenvalue weighted by molar-refractivity contribution is 6.35. The second-order valence-corrected chi connectivity index (χ2v) is 6.51. The highest BCUT2D eigenvalue weighted by Gasteiger charge is 2.13. The molecule has 0 aliphatic heterocycles. The number of carbonyl (C=O) groups is 1. The van der Waals surface area contributed by atoms with E-state index in [9.17, 15) is 4.79 Å². The molecule has 1 unspecified atom stereocenters. The normalized spacial score (nSPS) is 11.8. The Bertz CT molecular complexity index is 898. The molecule has 0 saturated heterocycles. The molecular formula is C18H17Cl2N5O. The predicted octanol–water partition coefficient (Wildman–Crippen LogP) is 4.13. The summed E-state index contributed by atoms with van der Waals surface area (Å²) in [7, 11) is 0. The van der Waals surface area contributed by atoms with Gasteiger partial charge >= 0.3 is 6.03 Å². The molecule has 0 fully saturated rings. The summed E-state index contributed by atoms with van der Waals surface area (Å²) in [6, 6.07) is 8.36. The number of nitrogens with one attached hydrogen (secondary N) is 2. The first-order valence-electron chi connectivity index (χ1n) is 7.96. The van der Waals surface area contributed by atoms with Gasteiger partial charge in [-0.15, -0.1) is 0 Å². The van der Waals surface area contributed by atoms with Gasteiger partial charge in [0.15, 0.2) is 0 Å². The van der Waals surface area contributed by atoms with E-state index in [4.69, 9.17) is 23.2 Å². The summed E-state index contributed by atoms with van der Waals surface area (Å²) in [5.41, 5.74) is 1.67. The highest BCUT2D eigenvalue weighted by Crippen LogP contribution is 2.26. The van der Waals surface area contributed by atoms with Gasteiger partial charge in [0.2, 0.25) is 0 Å². The van der Waals surface area contributed by atoms with E-state index < -0.39 is 0 Å². The minimum absolute atomic E-state index is 0.262. The van der Waals surface area contributed by atoms with Crippen molar-refractivity contribution in [1.82, 2.24) is 25.2 Å². The van der Waals surface area contributed by atoms with Crippen LogP contribution in [-0.4, -0.2) is 20.6 Å². The van der Waals surface area contributed by atoms with Crippen LogP contribution in [0.15, 0.2) is 55.2 Å². The van der Waals surface area contributed by atoms with Gasteiger partial charge in [0.05, 0.1) is 6.04 Å². The number of benzene rings is 1. The fraction of sp³-hybridized carbons (Fsp3) is 0.167. The zero-order valence-electron chi connectivity index (χ0n) is 14.0. The quantitative estimate of drug-likeness (QED) is 0.688. The second-order valence-electron chi connectivity index (χ2n) is 5.67. The maximum atomic E-state index is 12.2. The zero-order chi connectivity index (χ0) is 18.5. The molecule has 1 atom stereocenters. The third-order valence-corrected chi connectivity index (χ3v) is 4.39. The molecule has 2 N–H and O–H groups in total. The fourth-order valence-corrected chi connectivity index (χ4v) is 3.11. The molecule has 8 heteroatoms. The van der Waals surface area contributed by atoms with Crippen molar-refractivity contribution in [3.63, 3.8) is 0 Å². The Balaban J connectivity index is 1.63. The number of aromatic nitrogens is 3. The molecule has 0 spiro atoms. The lowest BCUT2D eigenvalue weighted by atomic mass is 10.1. The van der Waals surface area contributed by atoms with E-state index in [-0.39, 0.29) is 12.1 Å². The summed E-state index contributed by atoms with van der Waals surface area (Å²) in [5.74, 6) is 0.721. The van der Waals surface area contributed by atoms with Crippen molar-refractivity contribution in [1.29, 1.82) is 0 Å². The topological polar surface area (TPSA) is 71.8 Å². The zero-order valence-corrected chi connectivity index (χ0v) is 15.5. The third-order valence-electron chi connectivity index (χ3n) is 3.83. The van der Waals surface area contributed by atoms with Crippen molar-refractivity contribution in [3.8, 4) is 5.82 Å². The number of rotatable bonds is 5. The van der Waals surface area contributed by atoms with Crippen LogP contribution in [0.2, 0.25) is 10.0 Å². The largest absolute Gasteiger partial charge is 0.334 e. The molecule has 0 aliphatic rings. The summed E-state index contributed by atoms with van der Waals surface area (Å²) < 4.78 is 1.80. The number of amides is 2. The Kier molecular flexibility index (Phi) is 5.75. The lowest BCUT2D eigenvalue weighted by Crippen LogP contribution is -2.36. The maximum Gasteiger partial charge on any atom is 0.315 e. The molecule has 2 heterocycles. The SMILES string of the molecule is CC(NC(=O)NCc1cccnc1-n1ccnc1)c1ccc(Cl)cc1Cl. The Morgan fingerprint density at radius 1 is 1.27 bits per heavy atom. The molecule has 26 heavy (non-hydrogen) atoms. The van der Waals surface area contributed by atoms with Crippen LogP contribution in [0.1, 0.15) is 24.1 Å². The Hall–Kier alpha value is -2.57. The Labute approximate surface area is 161 Å². The number of imidazole rings is 1. The van der Waals surface area contributed by atoms with E-state index in [0.29, 0.717) is 16.6 Å². The summed E-state index contributed by atoms with van der Waals surface area (Å²) >= 11 is 12.1. The van der Waals surface area contributed by atoms with Gasteiger partial charge in [-0.05, 0) is 30.7 Å². The molecule has 1 aromatic carbocycles. The van der Waals surface area contributed by atoms with Gasteiger partial charge in [0, 0.05) is 40.7 Å². The lowest BCUT2D eigenvalue weighted by molar-refractivity contribution is 0.237. The second kappa shape index (κ2) is 8.21. The van der Waals surface area contributed by atoms with Crippen molar-refractivity contribution in [2.75, 3.05) is 0 Å². The summed E-state index contributed by atoms with van der Waals surface area (Å²) in [6.45, 7) is 2.18. The van der Waals surface area contributed by atoms with Crippen LogP contribution >= 0.6 is 23.2 Å². The summed E-state index contributed by atoms with van der Waals surface area (Å²) in [4.78, 5) is 20.6. The first-order chi connectivity index (χ1) is 12.5. The van der Waals surface area contributed by atoms with Crippen molar-refractivity contribution < 1.29 is 4.79 Å². The maximum absolute atomic E-state index is 12.2. The number of nitrogens with zero attached hydrogens (tertiary/aromatic N) is 3. The molecule has 0 radical (unpaired) electrons. The Morgan fingerprint density at radius 2 is 2.12 bits per heavy atom. The molecule has 6 nitrogen and oxygen atoms in total. The van der Waals surface area contributed by atoms with E-state index in [0.717, 1.165) is 16.9 Å². The van der Waals surface area contributed by atoms with Crippen molar-refractivity contribution in [2.24, 2.45) is 0 Å². The third kappa shape index (κ3) is 4.33. The van der Waals surface area contributed by atoms with Gasteiger partial charge in [-0.1, -0.05) is 35.3 Å². The smallest absolute Gasteiger partial charge is 0.315 e. The van der Waals surface area contributed by atoms with Crippen molar-refractivity contribution >= 4 is 29.2 Å². The summed E-state index contributed by atoms with van der Waals surface area (Å²) in [5, 5.41) is 6.77. The van der Waals surface area contributed by atoms with Gasteiger partial charge in [-0.25, -0.2) is 14.8 Å². The fourth-order valence-electron chi connectivity index (χ4n) is 2.54. The minimum Gasteiger partial charge on any atom is -0.334 e. The molecule has 0 saturated carbocycles. The number of hydrogen-bond donors (Lipinski definition) is 2. The molecular weight excluding hydrogens is 373 g/mol. The lowest BCUT2D eigenvalue weighted by Gasteiger charge is -2.17. The number of pyridine rings is 1. The van der Waals surface area contributed by atoms with Gasteiger partial charge in [-0.3, -0.25) is 4.57 Å². The van der Waals surface area contributed by atoms with Crippen LogP contribution in [0.5, 0.6) is 0 Å². The molecule has 2 amide bonds. The van der Waals surface area contributed by atoms with Crippen LogP contribution < -0.4 is 10.6 Å². The molecule has 0 bridgehead atoms. The van der Waals surface area contributed by atoms with Crippen LogP contribution in [0.25, 0.3) is 5.82 Å². The van der Waals surface area contributed by atoms with E-state index >= 15 is 0 Å². The average Bonchev–Trinajstić information content (AvgIpc) is 3.14. The van der Waals surface area contributed by atoms with Gasteiger partial charge < -0.3 is 10.6 Å². The van der Waals surface area contributed by atoms with Crippen LogP contribution in [0.4, 0.5) is 4.79 Å². The van der Waals surface area contributed by atoms with Gasteiger partial charge in [-0.2, -0.15) is 0 Å². The minimum atomic E-state index is -0.302. The van der Waals surface area contributed by atoms with E-state index in [1.807, 2.05) is 19.1 Å². The van der Waals surface area contributed by atoms with Gasteiger partial charge in [0.25, 0.3) is 0 Å². The van der Waals surface area contributed by atoms with Crippen molar-refractivity contribution in [3.05, 3.63) is 76.4 Å². The van der Waals surface area contributed by atoms with E-state index in [2.05, 4.69) is 20.6 Å². The molecule has 134 valence electrons. The molecule has 0 aliphatic carbocycles. The molecule has 3 rings (SSSR count). The van der Waals surface area contributed by atoms with Crippen LogP contribution in [0, 0.1) is 0 Å². The Morgan fingerprint density at radius 3 is 2.85 bits per heavy atom. The monoisotopic (exact) mass is 389 g/mol. The predicted molar refractivity (Wildman–Crippen MR) is 102 cm³/mol.